The number of aliphatic hydroxyl groups is 1. The SMILES string of the molecule is Cc1nc(C)c(CNCC(O)c2ccncc2)s1. The third-order valence-corrected chi connectivity index (χ3v) is 3.79. The lowest BCUT2D eigenvalue weighted by molar-refractivity contribution is 0.174. The molecule has 96 valence electrons. The van der Waals surface area contributed by atoms with E-state index in [9.17, 15) is 5.11 Å². The first-order chi connectivity index (χ1) is 8.66. The van der Waals surface area contributed by atoms with Crippen LogP contribution in [0.5, 0.6) is 0 Å². The molecule has 5 heteroatoms. The van der Waals surface area contributed by atoms with Gasteiger partial charge in [0, 0.05) is 30.4 Å². The molecule has 2 aromatic heterocycles. The number of nitrogens with zero attached hydrogens (tertiary/aromatic N) is 2. The van der Waals surface area contributed by atoms with Crippen LogP contribution in [0.1, 0.15) is 27.2 Å². The van der Waals surface area contributed by atoms with Gasteiger partial charge in [-0.05, 0) is 31.5 Å². The highest BCUT2D eigenvalue weighted by Gasteiger charge is 2.08. The molecule has 0 fully saturated rings. The molecule has 1 atom stereocenters. The van der Waals surface area contributed by atoms with Crippen LogP contribution in [-0.2, 0) is 6.54 Å². The number of aliphatic hydroxyl groups excluding tert-OH is 1. The molecule has 1 unspecified atom stereocenters. The highest BCUT2D eigenvalue weighted by molar-refractivity contribution is 7.11. The minimum atomic E-state index is -0.498. The lowest BCUT2D eigenvalue weighted by Crippen LogP contribution is -2.21. The summed E-state index contributed by atoms with van der Waals surface area (Å²) in [5.74, 6) is 0. The molecular formula is C13H17N3OS. The molecule has 0 aliphatic rings. The van der Waals surface area contributed by atoms with Crippen molar-refractivity contribution in [1.82, 2.24) is 15.3 Å². The normalized spacial score (nSPS) is 12.6. The van der Waals surface area contributed by atoms with Crippen LogP contribution in [0.15, 0.2) is 24.5 Å². The number of nitrogens with one attached hydrogen (secondary N) is 1. The summed E-state index contributed by atoms with van der Waals surface area (Å²) in [6.45, 7) is 5.30. The Morgan fingerprint density at radius 1 is 1.33 bits per heavy atom. The number of hydrogen-bond donors (Lipinski definition) is 2. The number of hydrogen-bond acceptors (Lipinski definition) is 5. The minimum absolute atomic E-state index is 0.498. The molecule has 2 rings (SSSR count). The molecule has 4 nitrogen and oxygen atoms in total. The third kappa shape index (κ3) is 3.35. The quantitative estimate of drug-likeness (QED) is 0.866. The predicted molar refractivity (Wildman–Crippen MR) is 72.5 cm³/mol. The molecule has 0 aliphatic carbocycles. The largest absolute Gasteiger partial charge is 0.387 e. The van der Waals surface area contributed by atoms with Gasteiger partial charge in [-0.15, -0.1) is 11.3 Å². The monoisotopic (exact) mass is 263 g/mol. The van der Waals surface area contributed by atoms with Gasteiger partial charge in [-0.2, -0.15) is 0 Å². The zero-order chi connectivity index (χ0) is 13.0. The fourth-order valence-corrected chi connectivity index (χ4v) is 2.67. The van der Waals surface area contributed by atoms with Crippen LogP contribution in [0, 0.1) is 13.8 Å². The predicted octanol–water partition coefficient (Wildman–Crippen LogP) is 1.98. The molecule has 0 aromatic carbocycles. The highest BCUT2D eigenvalue weighted by atomic mass is 32.1. The molecule has 2 N–H and O–H groups in total. The van der Waals surface area contributed by atoms with E-state index in [0.717, 1.165) is 22.8 Å². The van der Waals surface area contributed by atoms with Crippen LogP contribution in [0.25, 0.3) is 0 Å². The fourth-order valence-electron chi connectivity index (χ4n) is 1.76. The second-order valence-electron chi connectivity index (χ2n) is 4.17. The molecule has 0 aliphatic heterocycles. The summed E-state index contributed by atoms with van der Waals surface area (Å²) < 4.78 is 0. The maximum absolute atomic E-state index is 9.97. The van der Waals surface area contributed by atoms with Gasteiger partial charge in [-0.1, -0.05) is 0 Å². The molecule has 2 aromatic rings. The van der Waals surface area contributed by atoms with Crippen LogP contribution < -0.4 is 5.32 Å². The number of thiazole rings is 1. The van der Waals surface area contributed by atoms with Gasteiger partial charge in [0.25, 0.3) is 0 Å². The summed E-state index contributed by atoms with van der Waals surface area (Å²) in [6.07, 6.45) is 2.88. The van der Waals surface area contributed by atoms with Crippen LogP contribution in [-0.4, -0.2) is 21.6 Å². The van der Waals surface area contributed by atoms with Gasteiger partial charge in [0.05, 0.1) is 16.8 Å². The number of aryl methyl sites for hydroxylation is 2. The van der Waals surface area contributed by atoms with E-state index in [-0.39, 0.29) is 0 Å². The van der Waals surface area contributed by atoms with Crippen molar-refractivity contribution in [2.24, 2.45) is 0 Å². The van der Waals surface area contributed by atoms with Crippen LogP contribution in [0.4, 0.5) is 0 Å². The van der Waals surface area contributed by atoms with Crippen molar-refractivity contribution in [2.75, 3.05) is 6.54 Å². The Morgan fingerprint density at radius 3 is 2.67 bits per heavy atom. The molecule has 0 radical (unpaired) electrons. The van der Waals surface area contributed by atoms with E-state index < -0.39 is 6.10 Å². The summed E-state index contributed by atoms with van der Waals surface area (Å²) in [4.78, 5) is 9.54. The van der Waals surface area contributed by atoms with Gasteiger partial charge in [0.15, 0.2) is 0 Å². The maximum atomic E-state index is 9.97. The number of rotatable bonds is 5. The zero-order valence-electron chi connectivity index (χ0n) is 10.6. The average Bonchev–Trinajstić information content (AvgIpc) is 2.69. The van der Waals surface area contributed by atoms with Crippen molar-refractivity contribution in [1.29, 1.82) is 0 Å². The molecule has 0 saturated heterocycles. The van der Waals surface area contributed by atoms with Crippen molar-refractivity contribution in [3.8, 4) is 0 Å². The Bertz CT molecular complexity index is 498. The van der Waals surface area contributed by atoms with E-state index in [1.54, 1.807) is 23.7 Å². The first kappa shape index (κ1) is 13.1. The van der Waals surface area contributed by atoms with E-state index in [2.05, 4.69) is 15.3 Å². The van der Waals surface area contributed by atoms with Crippen LogP contribution in [0.3, 0.4) is 0 Å². The van der Waals surface area contributed by atoms with Crippen molar-refractivity contribution in [2.45, 2.75) is 26.5 Å². The Hall–Kier alpha value is -1.30. The highest BCUT2D eigenvalue weighted by Crippen LogP contribution is 2.17. The summed E-state index contributed by atoms with van der Waals surface area (Å²) in [5, 5.41) is 14.3. The molecule has 0 bridgehead atoms. The molecule has 0 amide bonds. The smallest absolute Gasteiger partial charge is 0.0915 e. The van der Waals surface area contributed by atoms with Crippen molar-refractivity contribution < 1.29 is 5.11 Å². The average molecular weight is 263 g/mol. The Labute approximate surface area is 111 Å². The Balaban J connectivity index is 1.84. The summed E-state index contributed by atoms with van der Waals surface area (Å²) in [7, 11) is 0. The molecular weight excluding hydrogens is 246 g/mol. The summed E-state index contributed by atoms with van der Waals surface area (Å²) in [6, 6.07) is 3.66. The lowest BCUT2D eigenvalue weighted by atomic mass is 10.1. The third-order valence-electron chi connectivity index (χ3n) is 2.71. The minimum Gasteiger partial charge on any atom is -0.387 e. The Morgan fingerprint density at radius 2 is 2.06 bits per heavy atom. The van der Waals surface area contributed by atoms with Gasteiger partial charge >= 0.3 is 0 Å². The standard InChI is InChI=1S/C13H17N3OS/c1-9-13(18-10(2)16-9)8-15-7-12(17)11-3-5-14-6-4-11/h3-6,12,15,17H,7-8H2,1-2H3. The lowest BCUT2D eigenvalue weighted by Gasteiger charge is -2.11. The molecule has 2 heterocycles. The second-order valence-corrected chi connectivity index (χ2v) is 5.46. The molecule has 0 spiro atoms. The van der Waals surface area contributed by atoms with Crippen LogP contribution in [0.2, 0.25) is 0 Å². The van der Waals surface area contributed by atoms with Gasteiger partial charge in [-0.3, -0.25) is 4.98 Å². The molecule has 0 saturated carbocycles. The second kappa shape index (κ2) is 6.04. The van der Waals surface area contributed by atoms with E-state index in [1.807, 2.05) is 26.0 Å². The first-order valence-corrected chi connectivity index (χ1v) is 6.70. The van der Waals surface area contributed by atoms with Crippen molar-refractivity contribution in [3.63, 3.8) is 0 Å². The van der Waals surface area contributed by atoms with Crippen LogP contribution >= 0.6 is 11.3 Å². The van der Waals surface area contributed by atoms with E-state index >= 15 is 0 Å². The number of pyridine rings is 1. The first-order valence-electron chi connectivity index (χ1n) is 5.88. The van der Waals surface area contributed by atoms with E-state index in [1.165, 1.54) is 4.88 Å². The van der Waals surface area contributed by atoms with E-state index in [4.69, 9.17) is 0 Å². The fraction of sp³-hybridized carbons (Fsp3) is 0.385. The summed E-state index contributed by atoms with van der Waals surface area (Å²) >= 11 is 1.70. The Kier molecular flexibility index (Phi) is 4.41. The summed E-state index contributed by atoms with van der Waals surface area (Å²) in [5.41, 5.74) is 1.96. The molecule has 18 heavy (non-hydrogen) atoms. The van der Waals surface area contributed by atoms with Gasteiger partial charge in [0.2, 0.25) is 0 Å². The van der Waals surface area contributed by atoms with Gasteiger partial charge in [0.1, 0.15) is 0 Å². The number of aromatic nitrogens is 2. The maximum Gasteiger partial charge on any atom is 0.0915 e. The van der Waals surface area contributed by atoms with Gasteiger partial charge < -0.3 is 10.4 Å². The van der Waals surface area contributed by atoms with Crippen molar-refractivity contribution in [3.05, 3.63) is 45.7 Å². The van der Waals surface area contributed by atoms with E-state index in [0.29, 0.717) is 6.54 Å². The zero-order valence-corrected chi connectivity index (χ0v) is 11.4. The van der Waals surface area contributed by atoms with Crippen molar-refractivity contribution >= 4 is 11.3 Å². The topological polar surface area (TPSA) is 58.0 Å². The van der Waals surface area contributed by atoms with Gasteiger partial charge in [-0.25, -0.2) is 4.98 Å².